The molecule has 0 bridgehead atoms. The van der Waals surface area contributed by atoms with Gasteiger partial charge in [-0.3, -0.25) is 0 Å². The molecular formula is C43H85N2+. The van der Waals surface area contributed by atoms with E-state index in [9.17, 15) is 0 Å². The largest absolute Gasteiger partial charge is 0.257 e. The summed E-state index contributed by atoms with van der Waals surface area (Å²) < 4.78 is 2.64. The molecular weight excluding hydrogens is 544 g/mol. The van der Waals surface area contributed by atoms with Gasteiger partial charge in [-0.25, -0.2) is 9.55 Å². The average molecular weight is 630 g/mol. The number of hydrogen-bond donors (Lipinski definition) is 1. The molecule has 1 N–H and O–H groups in total. The van der Waals surface area contributed by atoms with E-state index in [2.05, 4.69) is 49.6 Å². The van der Waals surface area contributed by atoms with Crippen LogP contribution in [0.2, 0.25) is 0 Å². The maximum Gasteiger partial charge on any atom is 0.257 e. The highest BCUT2D eigenvalue weighted by Crippen LogP contribution is 2.27. The Morgan fingerprint density at radius 1 is 0.422 bits per heavy atom. The lowest BCUT2D eigenvalue weighted by Crippen LogP contribution is -2.41. The molecule has 45 heavy (non-hydrogen) atoms. The summed E-state index contributed by atoms with van der Waals surface area (Å²) in [4.78, 5) is 3.75. The lowest BCUT2D eigenvalue weighted by Gasteiger charge is -2.17. The third kappa shape index (κ3) is 25.0. The second-order valence-corrected chi connectivity index (χ2v) is 15.1. The lowest BCUT2D eigenvalue weighted by molar-refractivity contribution is -0.727. The zero-order valence-electron chi connectivity index (χ0n) is 31.8. The maximum absolute atomic E-state index is 3.75. The Morgan fingerprint density at radius 2 is 0.711 bits per heavy atom. The zero-order chi connectivity index (χ0) is 32.5. The van der Waals surface area contributed by atoms with E-state index in [-0.39, 0.29) is 0 Å². The van der Waals surface area contributed by atoms with E-state index < -0.39 is 0 Å². The maximum atomic E-state index is 3.75. The van der Waals surface area contributed by atoms with Crippen molar-refractivity contribution in [2.75, 3.05) is 0 Å². The molecule has 0 fully saturated rings. The minimum atomic E-state index is 0.619. The van der Waals surface area contributed by atoms with Crippen molar-refractivity contribution in [3.8, 4) is 0 Å². The summed E-state index contributed by atoms with van der Waals surface area (Å²) in [6.45, 7) is 9.43. The summed E-state index contributed by atoms with van der Waals surface area (Å²) >= 11 is 0. The van der Waals surface area contributed by atoms with Crippen LogP contribution in [0.1, 0.15) is 264 Å². The molecule has 0 aromatic carbocycles. The number of imidazole rings is 1. The molecule has 2 nitrogen and oxygen atoms in total. The number of rotatable bonds is 36. The second kappa shape index (κ2) is 33.1. The standard InChI is InChI=1S/C43H84N2/c1-5-8-11-14-16-18-20-21-22-23-25-26-28-31-33-36-41(4)45-40-39-44-43(45)42(37-34-30-13-10-7-3)38-35-32-29-27-24-19-17-15-12-9-6-2/h39-42H,5-38H2,1-4H3/p+1. The molecule has 2 unspecified atom stereocenters. The van der Waals surface area contributed by atoms with Crippen molar-refractivity contribution in [1.82, 2.24) is 4.98 Å². The number of nitrogens with one attached hydrogen (secondary N) is 1. The quantitative estimate of drug-likeness (QED) is 0.0563. The molecule has 0 radical (unpaired) electrons. The third-order valence-electron chi connectivity index (χ3n) is 10.6. The van der Waals surface area contributed by atoms with Crippen molar-refractivity contribution in [1.29, 1.82) is 0 Å². The Bertz CT molecular complexity index is 694. The van der Waals surface area contributed by atoms with E-state index in [0.29, 0.717) is 12.0 Å². The van der Waals surface area contributed by atoms with Crippen LogP contribution >= 0.6 is 0 Å². The lowest BCUT2D eigenvalue weighted by atomic mass is 9.93. The van der Waals surface area contributed by atoms with Crippen LogP contribution in [0.4, 0.5) is 0 Å². The molecule has 0 aliphatic heterocycles. The first-order valence-corrected chi connectivity index (χ1v) is 21.3. The van der Waals surface area contributed by atoms with Crippen LogP contribution in [0.25, 0.3) is 0 Å². The van der Waals surface area contributed by atoms with Gasteiger partial charge in [-0.15, -0.1) is 0 Å². The summed E-state index contributed by atoms with van der Waals surface area (Å²) in [7, 11) is 0. The van der Waals surface area contributed by atoms with Gasteiger partial charge >= 0.3 is 0 Å². The summed E-state index contributed by atoms with van der Waals surface area (Å²) in [5.74, 6) is 2.25. The van der Waals surface area contributed by atoms with Crippen molar-refractivity contribution in [2.24, 2.45) is 0 Å². The molecule has 1 aromatic heterocycles. The second-order valence-electron chi connectivity index (χ2n) is 15.1. The van der Waals surface area contributed by atoms with Gasteiger partial charge in [-0.2, -0.15) is 0 Å². The molecule has 1 rings (SSSR count). The van der Waals surface area contributed by atoms with Gasteiger partial charge in [0.1, 0.15) is 12.4 Å². The van der Waals surface area contributed by atoms with Crippen LogP contribution in [-0.2, 0) is 0 Å². The van der Waals surface area contributed by atoms with Gasteiger partial charge in [-0.1, -0.05) is 213 Å². The fourth-order valence-electron chi connectivity index (χ4n) is 7.49. The van der Waals surface area contributed by atoms with Gasteiger partial charge in [0, 0.05) is 0 Å². The van der Waals surface area contributed by atoms with Crippen LogP contribution < -0.4 is 4.57 Å². The van der Waals surface area contributed by atoms with Crippen LogP contribution in [0.3, 0.4) is 0 Å². The summed E-state index contributed by atoms with van der Waals surface area (Å²) in [6, 6.07) is 0.619. The van der Waals surface area contributed by atoms with Crippen LogP contribution in [0.15, 0.2) is 12.4 Å². The van der Waals surface area contributed by atoms with Gasteiger partial charge in [0.15, 0.2) is 0 Å². The zero-order valence-corrected chi connectivity index (χ0v) is 31.8. The highest BCUT2D eigenvalue weighted by Gasteiger charge is 2.25. The van der Waals surface area contributed by atoms with Crippen molar-refractivity contribution >= 4 is 0 Å². The van der Waals surface area contributed by atoms with E-state index in [1.807, 2.05) is 0 Å². The minimum Gasteiger partial charge on any atom is -0.247 e. The fourth-order valence-corrected chi connectivity index (χ4v) is 7.49. The number of nitrogens with zero attached hydrogens (tertiary/aromatic N) is 1. The predicted molar refractivity (Wildman–Crippen MR) is 202 cm³/mol. The van der Waals surface area contributed by atoms with Crippen LogP contribution in [-0.4, -0.2) is 4.98 Å². The molecule has 2 heteroatoms. The SMILES string of the molecule is CCCCCCCCCCCCCCCCCC(C)[n+]1cc[nH]c1C(CCCCCCC)CCCCCCCCCCCCC. The van der Waals surface area contributed by atoms with Gasteiger partial charge in [-0.05, 0) is 32.6 Å². The molecule has 0 spiro atoms. The van der Waals surface area contributed by atoms with E-state index in [1.165, 1.54) is 224 Å². The first-order valence-electron chi connectivity index (χ1n) is 21.3. The highest BCUT2D eigenvalue weighted by atomic mass is 15.1. The summed E-state index contributed by atoms with van der Waals surface area (Å²) in [5, 5.41) is 0. The van der Waals surface area contributed by atoms with Gasteiger partial charge in [0.05, 0.1) is 12.0 Å². The molecule has 1 heterocycles. The average Bonchev–Trinajstić information content (AvgIpc) is 3.54. The Labute approximate surface area is 285 Å². The Balaban J connectivity index is 2.27. The molecule has 0 aliphatic carbocycles. The van der Waals surface area contributed by atoms with Crippen molar-refractivity contribution in [3.05, 3.63) is 18.2 Å². The number of hydrogen-bond acceptors (Lipinski definition) is 0. The monoisotopic (exact) mass is 630 g/mol. The van der Waals surface area contributed by atoms with Crippen LogP contribution in [0, 0.1) is 0 Å². The first kappa shape index (κ1) is 42.2. The number of aromatic amines is 1. The van der Waals surface area contributed by atoms with Gasteiger partial charge < -0.3 is 0 Å². The molecule has 0 aliphatic rings. The Kier molecular flexibility index (Phi) is 31.1. The van der Waals surface area contributed by atoms with E-state index in [0.717, 1.165) is 0 Å². The topological polar surface area (TPSA) is 19.7 Å². The molecule has 0 amide bonds. The van der Waals surface area contributed by atoms with Crippen molar-refractivity contribution in [2.45, 2.75) is 258 Å². The number of unbranched alkanes of at least 4 members (excludes halogenated alkanes) is 28. The predicted octanol–water partition coefficient (Wildman–Crippen LogP) is 15.3. The molecule has 2 atom stereocenters. The normalized spacial score (nSPS) is 13.1. The molecule has 1 aromatic rings. The van der Waals surface area contributed by atoms with E-state index in [4.69, 9.17) is 0 Å². The van der Waals surface area contributed by atoms with Crippen molar-refractivity contribution < 1.29 is 4.57 Å². The van der Waals surface area contributed by atoms with Crippen LogP contribution in [0.5, 0.6) is 0 Å². The summed E-state index contributed by atoms with van der Waals surface area (Å²) in [6.07, 6.45) is 53.2. The Hall–Kier alpha value is -0.790. The smallest absolute Gasteiger partial charge is 0.247 e. The molecule has 0 saturated heterocycles. The van der Waals surface area contributed by atoms with Gasteiger partial charge in [0.25, 0.3) is 5.82 Å². The van der Waals surface area contributed by atoms with E-state index in [1.54, 1.807) is 0 Å². The van der Waals surface area contributed by atoms with E-state index >= 15 is 0 Å². The highest BCUT2D eigenvalue weighted by molar-refractivity contribution is 4.90. The van der Waals surface area contributed by atoms with Crippen molar-refractivity contribution in [3.63, 3.8) is 0 Å². The minimum absolute atomic E-state index is 0.619. The van der Waals surface area contributed by atoms with Gasteiger partial charge in [0.2, 0.25) is 0 Å². The fraction of sp³-hybridized carbons (Fsp3) is 0.930. The number of H-pyrrole nitrogens is 1. The summed E-state index contributed by atoms with van der Waals surface area (Å²) in [5.41, 5.74) is 0. The molecule has 0 saturated carbocycles. The first-order chi connectivity index (χ1) is 22.2. The third-order valence-corrected chi connectivity index (χ3v) is 10.6. The number of aromatic nitrogens is 2. The Morgan fingerprint density at radius 3 is 1.04 bits per heavy atom. The molecule has 266 valence electrons.